The third kappa shape index (κ3) is 3.40. The maximum atomic E-state index is 13.0. The highest BCUT2D eigenvalue weighted by atomic mass is 32.1. The standard InChI is InChI=1S/C23H21N3O2S/c1-28-20-8-4-7-17(11-20)21-14-26-19(15-29-23(26)24-21)12-22(27)25-10-9-16-5-2-3-6-18(16)13-25/h2-8,11,14-15H,9-10,12-13H2,1H3. The summed E-state index contributed by atoms with van der Waals surface area (Å²) in [4.78, 5) is 20.6. The smallest absolute Gasteiger partial charge is 0.228 e. The summed E-state index contributed by atoms with van der Waals surface area (Å²) < 4.78 is 7.36. The third-order valence-electron chi connectivity index (χ3n) is 5.46. The van der Waals surface area contributed by atoms with Gasteiger partial charge in [0.2, 0.25) is 5.91 Å². The van der Waals surface area contributed by atoms with E-state index in [0.29, 0.717) is 13.0 Å². The second kappa shape index (κ2) is 7.37. The van der Waals surface area contributed by atoms with Crippen molar-refractivity contribution in [2.75, 3.05) is 13.7 Å². The molecule has 0 fully saturated rings. The zero-order valence-corrected chi connectivity index (χ0v) is 17.0. The highest BCUT2D eigenvalue weighted by Crippen LogP contribution is 2.27. The molecule has 0 atom stereocenters. The Morgan fingerprint density at radius 3 is 2.90 bits per heavy atom. The van der Waals surface area contributed by atoms with Crippen LogP contribution in [0.15, 0.2) is 60.1 Å². The van der Waals surface area contributed by atoms with Gasteiger partial charge in [0.1, 0.15) is 5.75 Å². The number of carbonyl (C=O) groups is 1. The van der Waals surface area contributed by atoms with Gasteiger partial charge in [0, 0.05) is 35.9 Å². The van der Waals surface area contributed by atoms with E-state index in [-0.39, 0.29) is 5.91 Å². The molecule has 2 aromatic carbocycles. The summed E-state index contributed by atoms with van der Waals surface area (Å²) in [5, 5.41) is 2.04. The number of rotatable bonds is 4. The molecule has 2 aromatic heterocycles. The number of nitrogens with zero attached hydrogens (tertiary/aromatic N) is 3. The number of hydrogen-bond donors (Lipinski definition) is 0. The number of thiazole rings is 1. The molecular weight excluding hydrogens is 382 g/mol. The van der Waals surface area contributed by atoms with Crippen LogP contribution in [-0.2, 0) is 24.2 Å². The second-order valence-corrected chi connectivity index (χ2v) is 8.09. The summed E-state index contributed by atoms with van der Waals surface area (Å²) in [6, 6.07) is 16.3. The van der Waals surface area contributed by atoms with Gasteiger partial charge in [-0.1, -0.05) is 36.4 Å². The van der Waals surface area contributed by atoms with Gasteiger partial charge in [0.05, 0.1) is 19.2 Å². The minimum absolute atomic E-state index is 0.163. The first kappa shape index (κ1) is 17.9. The minimum atomic E-state index is 0.163. The molecule has 4 aromatic rings. The lowest BCUT2D eigenvalue weighted by Gasteiger charge is -2.28. The molecule has 0 radical (unpaired) electrons. The molecule has 0 aliphatic carbocycles. The molecule has 0 spiro atoms. The van der Waals surface area contributed by atoms with E-state index < -0.39 is 0 Å². The lowest BCUT2D eigenvalue weighted by Crippen LogP contribution is -2.37. The monoisotopic (exact) mass is 403 g/mol. The zero-order chi connectivity index (χ0) is 19.8. The van der Waals surface area contributed by atoms with Crippen LogP contribution in [0.2, 0.25) is 0 Å². The second-order valence-electron chi connectivity index (χ2n) is 7.25. The van der Waals surface area contributed by atoms with Crippen molar-refractivity contribution in [3.63, 3.8) is 0 Å². The van der Waals surface area contributed by atoms with Gasteiger partial charge in [-0.3, -0.25) is 9.20 Å². The van der Waals surface area contributed by atoms with Crippen molar-refractivity contribution < 1.29 is 9.53 Å². The van der Waals surface area contributed by atoms with E-state index in [1.165, 1.54) is 11.1 Å². The number of fused-ring (bicyclic) bond motifs is 2. The predicted octanol–water partition coefficient (Wildman–Crippen LogP) is 4.20. The number of carbonyl (C=O) groups excluding carboxylic acids is 1. The summed E-state index contributed by atoms with van der Waals surface area (Å²) in [6.07, 6.45) is 3.32. The molecule has 146 valence electrons. The van der Waals surface area contributed by atoms with Crippen LogP contribution in [-0.4, -0.2) is 33.8 Å². The van der Waals surface area contributed by atoms with Crippen molar-refractivity contribution >= 4 is 22.2 Å². The van der Waals surface area contributed by atoms with Gasteiger partial charge in [-0.25, -0.2) is 4.98 Å². The fourth-order valence-corrected chi connectivity index (χ4v) is 4.73. The summed E-state index contributed by atoms with van der Waals surface area (Å²) in [7, 11) is 1.66. The highest BCUT2D eigenvalue weighted by molar-refractivity contribution is 7.15. The lowest BCUT2D eigenvalue weighted by atomic mass is 10.00. The molecule has 1 amide bonds. The number of benzene rings is 2. The third-order valence-corrected chi connectivity index (χ3v) is 6.35. The first-order chi connectivity index (χ1) is 14.2. The summed E-state index contributed by atoms with van der Waals surface area (Å²) in [5.74, 6) is 0.968. The van der Waals surface area contributed by atoms with Gasteiger partial charge in [-0.15, -0.1) is 11.3 Å². The lowest BCUT2D eigenvalue weighted by molar-refractivity contribution is -0.131. The average Bonchev–Trinajstić information content (AvgIpc) is 3.35. The molecule has 3 heterocycles. The Labute approximate surface area is 173 Å². The summed E-state index contributed by atoms with van der Waals surface area (Å²) in [6.45, 7) is 1.48. The van der Waals surface area contributed by atoms with E-state index in [0.717, 1.165) is 40.6 Å². The first-order valence-electron chi connectivity index (χ1n) is 9.66. The van der Waals surface area contributed by atoms with Gasteiger partial charge in [-0.2, -0.15) is 0 Å². The molecule has 0 N–H and O–H groups in total. The number of methoxy groups -OCH3 is 1. The largest absolute Gasteiger partial charge is 0.497 e. The van der Waals surface area contributed by atoms with Gasteiger partial charge in [0.15, 0.2) is 4.96 Å². The zero-order valence-electron chi connectivity index (χ0n) is 16.2. The van der Waals surface area contributed by atoms with Crippen molar-refractivity contribution in [2.24, 2.45) is 0 Å². The Kier molecular flexibility index (Phi) is 4.56. The van der Waals surface area contributed by atoms with E-state index in [4.69, 9.17) is 9.72 Å². The Morgan fingerprint density at radius 2 is 2.03 bits per heavy atom. The van der Waals surface area contributed by atoms with Gasteiger partial charge >= 0.3 is 0 Å². The van der Waals surface area contributed by atoms with Gasteiger partial charge in [-0.05, 0) is 29.7 Å². The van der Waals surface area contributed by atoms with E-state index in [2.05, 4.69) is 18.2 Å². The Hall–Kier alpha value is -3.12. The fraction of sp³-hybridized carbons (Fsp3) is 0.217. The highest BCUT2D eigenvalue weighted by Gasteiger charge is 2.22. The molecule has 0 saturated carbocycles. The van der Waals surface area contributed by atoms with Crippen molar-refractivity contribution in [1.29, 1.82) is 0 Å². The van der Waals surface area contributed by atoms with Crippen molar-refractivity contribution in [3.8, 4) is 17.0 Å². The molecule has 5 rings (SSSR count). The quantitative estimate of drug-likeness (QED) is 0.513. The van der Waals surface area contributed by atoms with Gasteiger partial charge < -0.3 is 9.64 Å². The minimum Gasteiger partial charge on any atom is -0.497 e. The van der Waals surface area contributed by atoms with Crippen molar-refractivity contribution in [3.05, 3.63) is 76.9 Å². The molecule has 5 nitrogen and oxygen atoms in total. The number of amides is 1. The van der Waals surface area contributed by atoms with Crippen LogP contribution < -0.4 is 4.74 Å². The maximum absolute atomic E-state index is 13.0. The average molecular weight is 404 g/mol. The Morgan fingerprint density at radius 1 is 1.17 bits per heavy atom. The van der Waals surface area contributed by atoms with Crippen LogP contribution in [0.25, 0.3) is 16.2 Å². The molecule has 29 heavy (non-hydrogen) atoms. The van der Waals surface area contributed by atoms with Crippen LogP contribution in [0.3, 0.4) is 0 Å². The van der Waals surface area contributed by atoms with Crippen LogP contribution >= 0.6 is 11.3 Å². The number of hydrogen-bond acceptors (Lipinski definition) is 4. The van der Waals surface area contributed by atoms with E-state index >= 15 is 0 Å². The van der Waals surface area contributed by atoms with E-state index in [1.54, 1.807) is 18.4 Å². The van der Waals surface area contributed by atoms with Crippen LogP contribution in [0.4, 0.5) is 0 Å². The van der Waals surface area contributed by atoms with E-state index in [9.17, 15) is 4.79 Å². The Bertz CT molecular complexity index is 1190. The van der Waals surface area contributed by atoms with Crippen LogP contribution in [0, 0.1) is 0 Å². The normalized spacial score (nSPS) is 13.5. The topological polar surface area (TPSA) is 46.8 Å². The predicted molar refractivity (Wildman–Crippen MR) is 114 cm³/mol. The first-order valence-corrected chi connectivity index (χ1v) is 10.5. The summed E-state index contributed by atoms with van der Waals surface area (Å²) >= 11 is 1.57. The molecule has 0 unspecified atom stereocenters. The van der Waals surface area contributed by atoms with Gasteiger partial charge in [0.25, 0.3) is 0 Å². The van der Waals surface area contributed by atoms with Crippen LogP contribution in [0.5, 0.6) is 5.75 Å². The number of ether oxygens (including phenoxy) is 1. The SMILES string of the molecule is COc1cccc(-c2cn3c(CC(=O)N4CCc5ccccc5C4)csc3n2)c1. The van der Waals surface area contributed by atoms with Crippen molar-refractivity contribution in [1.82, 2.24) is 14.3 Å². The number of imidazole rings is 1. The molecule has 6 heteroatoms. The number of aromatic nitrogens is 2. The molecule has 1 aliphatic heterocycles. The maximum Gasteiger partial charge on any atom is 0.228 e. The van der Waals surface area contributed by atoms with Crippen LogP contribution in [0.1, 0.15) is 16.8 Å². The summed E-state index contributed by atoms with van der Waals surface area (Å²) in [5.41, 5.74) is 5.48. The molecular formula is C23H21N3O2S. The van der Waals surface area contributed by atoms with E-state index in [1.807, 2.05) is 51.2 Å². The Balaban J connectivity index is 1.37. The molecule has 1 aliphatic rings. The molecule has 0 bridgehead atoms. The molecule has 0 saturated heterocycles. The fourth-order valence-electron chi connectivity index (χ4n) is 3.85. The van der Waals surface area contributed by atoms with Crippen molar-refractivity contribution in [2.45, 2.75) is 19.4 Å².